The highest BCUT2D eigenvalue weighted by Crippen LogP contribution is 2.14. The van der Waals surface area contributed by atoms with Crippen molar-refractivity contribution < 1.29 is 0 Å². The predicted molar refractivity (Wildman–Crippen MR) is 97.8 cm³/mol. The molecule has 0 saturated carbocycles. The summed E-state index contributed by atoms with van der Waals surface area (Å²) in [5, 5.41) is 0. The molecule has 128 valence electrons. The lowest BCUT2D eigenvalue weighted by molar-refractivity contribution is 0.520. The van der Waals surface area contributed by atoms with Gasteiger partial charge in [0.15, 0.2) is 0 Å². The second-order valence-electron chi connectivity index (χ2n) is 7.07. The molecular weight excluding hydrogens is 254 g/mol. The predicted octanol–water partition coefficient (Wildman–Crippen LogP) is 6.99. The fourth-order valence-corrected chi connectivity index (χ4v) is 3.01. The molecule has 1 heteroatoms. The average Bonchev–Trinajstić information content (AvgIpc) is 2.46. The van der Waals surface area contributed by atoms with Crippen LogP contribution in [0, 0.1) is 0 Å². The van der Waals surface area contributed by atoms with Crippen LogP contribution < -0.4 is 5.73 Å². The van der Waals surface area contributed by atoms with Gasteiger partial charge < -0.3 is 5.73 Å². The number of hydrogen-bond acceptors (Lipinski definition) is 1. The Morgan fingerprint density at radius 3 is 1.10 bits per heavy atom. The standard InChI is InChI=1S/C20H43N/c1-3-4-5-6-7-8-9-10-11-12-13-14-15-16-17-18-19-20(2)21/h20H,3-19,21H2,1-2H3. The van der Waals surface area contributed by atoms with Gasteiger partial charge in [0.05, 0.1) is 0 Å². The lowest BCUT2D eigenvalue weighted by Crippen LogP contribution is -2.13. The molecule has 0 aliphatic carbocycles. The van der Waals surface area contributed by atoms with Gasteiger partial charge in [0.2, 0.25) is 0 Å². The summed E-state index contributed by atoms with van der Waals surface area (Å²) in [5.41, 5.74) is 5.75. The Labute approximate surface area is 135 Å². The van der Waals surface area contributed by atoms with E-state index in [1.165, 1.54) is 109 Å². The summed E-state index contributed by atoms with van der Waals surface area (Å²) in [6.07, 6.45) is 24.3. The highest BCUT2D eigenvalue weighted by Gasteiger charge is 1.96. The summed E-state index contributed by atoms with van der Waals surface area (Å²) < 4.78 is 0. The van der Waals surface area contributed by atoms with Crippen molar-refractivity contribution in [2.24, 2.45) is 5.73 Å². The first kappa shape index (κ1) is 21.0. The molecule has 0 bridgehead atoms. The summed E-state index contributed by atoms with van der Waals surface area (Å²) in [4.78, 5) is 0. The fraction of sp³-hybridized carbons (Fsp3) is 1.00. The van der Waals surface area contributed by atoms with Crippen LogP contribution in [0.25, 0.3) is 0 Å². The Bertz CT molecular complexity index is 177. The van der Waals surface area contributed by atoms with E-state index >= 15 is 0 Å². The maximum absolute atomic E-state index is 5.75. The van der Waals surface area contributed by atoms with Crippen LogP contribution in [0.5, 0.6) is 0 Å². The second kappa shape index (κ2) is 18.0. The number of rotatable bonds is 17. The highest BCUT2D eigenvalue weighted by molar-refractivity contribution is 4.54. The van der Waals surface area contributed by atoms with Gasteiger partial charge in [-0.15, -0.1) is 0 Å². The molecule has 0 fully saturated rings. The van der Waals surface area contributed by atoms with E-state index in [1.54, 1.807) is 0 Å². The van der Waals surface area contributed by atoms with Gasteiger partial charge >= 0.3 is 0 Å². The Hall–Kier alpha value is -0.0400. The molecule has 2 N–H and O–H groups in total. The fourth-order valence-electron chi connectivity index (χ4n) is 3.01. The van der Waals surface area contributed by atoms with Gasteiger partial charge in [0.1, 0.15) is 0 Å². The van der Waals surface area contributed by atoms with Crippen molar-refractivity contribution in [3.8, 4) is 0 Å². The molecule has 0 aliphatic rings. The maximum Gasteiger partial charge on any atom is 0.00104 e. The Morgan fingerprint density at radius 2 is 0.810 bits per heavy atom. The third-order valence-corrected chi connectivity index (χ3v) is 4.51. The zero-order chi connectivity index (χ0) is 15.6. The van der Waals surface area contributed by atoms with Crippen molar-refractivity contribution in [1.82, 2.24) is 0 Å². The molecule has 0 spiro atoms. The van der Waals surface area contributed by atoms with Gasteiger partial charge in [0.25, 0.3) is 0 Å². The first-order chi connectivity index (χ1) is 10.3. The lowest BCUT2D eigenvalue weighted by Gasteiger charge is -2.05. The van der Waals surface area contributed by atoms with E-state index < -0.39 is 0 Å². The zero-order valence-corrected chi connectivity index (χ0v) is 15.2. The molecule has 0 amide bonds. The molecule has 1 atom stereocenters. The monoisotopic (exact) mass is 297 g/mol. The molecular formula is C20H43N. The first-order valence-corrected chi connectivity index (χ1v) is 10.0. The Morgan fingerprint density at radius 1 is 0.524 bits per heavy atom. The van der Waals surface area contributed by atoms with Crippen LogP contribution in [-0.2, 0) is 0 Å². The van der Waals surface area contributed by atoms with E-state index in [-0.39, 0.29) is 0 Å². The normalized spacial score (nSPS) is 12.7. The van der Waals surface area contributed by atoms with E-state index in [2.05, 4.69) is 13.8 Å². The van der Waals surface area contributed by atoms with E-state index in [0.29, 0.717) is 6.04 Å². The van der Waals surface area contributed by atoms with Crippen LogP contribution in [0.15, 0.2) is 0 Å². The van der Waals surface area contributed by atoms with Crippen LogP contribution in [0.4, 0.5) is 0 Å². The minimum atomic E-state index is 0.400. The van der Waals surface area contributed by atoms with Crippen molar-refractivity contribution in [3.63, 3.8) is 0 Å². The summed E-state index contributed by atoms with van der Waals surface area (Å²) >= 11 is 0. The quantitative estimate of drug-likeness (QED) is 0.288. The van der Waals surface area contributed by atoms with Crippen molar-refractivity contribution >= 4 is 0 Å². The Balaban J connectivity index is 2.93. The Kier molecular flexibility index (Phi) is 18.0. The van der Waals surface area contributed by atoms with Crippen molar-refractivity contribution in [1.29, 1.82) is 0 Å². The third-order valence-electron chi connectivity index (χ3n) is 4.51. The highest BCUT2D eigenvalue weighted by atomic mass is 14.6. The van der Waals surface area contributed by atoms with Gasteiger partial charge in [-0.1, -0.05) is 110 Å². The van der Waals surface area contributed by atoms with Gasteiger partial charge in [-0.25, -0.2) is 0 Å². The average molecular weight is 298 g/mol. The topological polar surface area (TPSA) is 26.0 Å². The molecule has 0 aromatic heterocycles. The molecule has 0 saturated heterocycles. The minimum absolute atomic E-state index is 0.400. The van der Waals surface area contributed by atoms with Crippen LogP contribution in [0.1, 0.15) is 123 Å². The minimum Gasteiger partial charge on any atom is -0.328 e. The van der Waals surface area contributed by atoms with Gasteiger partial charge in [-0.05, 0) is 13.3 Å². The van der Waals surface area contributed by atoms with Crippen molar-refractivity contribution in [3.05, 3.63) is 0 Å². The second-order valence-corrected chi connectivity index (χ2v) is 7.07. The van der Waals surface area contributed by atoms with E-state index in [4.69, 9.17) is 5.73 Å². The van der Waals surface area contributed by atoms with Gasteiger partial charge in [-0.3, -0.25) is 0 Å². The molecule has 0 aromatic carbocycles. The van der Waals surface area contributed by atoms with E-state index in [9.17, 15) is 0 Å². The lowest BCUT2D eigenvalue weighted by atomic mass is 10.0. The first-order valence-electron chi connectivity index (χ1n) is 10.0. The molecule has 0 heterocycles. The summed E-state index contributed by atoms with van der Waals surface area (Å²) in [6.45, 7) is 4.41. The number of hydrogen-bond donors (Lipinski definition) is 1. The SMILES string of the molecule is CCCCCCCCCCCCCCCCCCC(C)N. The summed E-state index contributed by atoms with van der Waals surface area (Å²) in [7, 11) is 0. The molecule has 0 aromatic rings. The van der Waals surface area contributed by atoms with E-state index in [1.807, 2.05) is 0 Å². The molecule has 0 aliphatic heterocycles. The molecule has 0 radical (unpaired) electrons. The zero-order valence-electron chi connectivity index (χ0n) is 15.2. The van der Waals surface area contributed by atoms with Crippen LogP contribution >= 0.6 is 0 Å². The summed E-state index contributed by atoms with van der Waals surface area (Å²) in [6, 6.07) is 0.400. The molecule has 21 heavy (non-hydrogen) atoms. The number of nitrogens with two attached hydrogens (primary N) is 1. The van der Waals surface area contributed by atoms with Crippen molar-refractivity contribution in [2.45, 2.75) is 129 Å². The summed E-state index contributed by atoms with van der Waals surface area (Å²) in [5.74, 6) is 0. The molecule has 1 unspecified atom stereocenters. The largest absolute Gasteiger partial charge is 0.328 e. The van der Waals surface area contributed by atoms with E-state index in [0.717, 1.165) is 0 Å². The van der Waals surface area contributed by atoms with Crippen LogP contribution in [0.3, 0.4) is 0 Å². The maximum atomic E-state index is 5.75. The van der Waals surface area contributed by atoms with Gasteiger partial charge in [-0.2, -0.15) is 0 Å². The molecule has 0 rings (SSSR count). The smallest absolute Gasteiger partial charge is 0.00104 e. The van der Waals surface area contributed by atoms with Crippen molar-refractivity contribution in [2.75, 3.05) is 0 Å². The molecule has 1 nitrogen and oxygen atoms in total. The number of unbranched alkanes of at least 4 members (excludes halogenated alkanes) is 15. The third kappa shape index (κ3) is 20.0. The van der Waals surface area contributed by atoms with Crippen LogP contribution in [0.2, 0.25) is 0 Å². The van der Waals surface area contributed by atoms with Crippen LogP contribution in [-0.4, -0.2) is 6.04 Å². The van der Waals surface area contributed by atoms with Gasteiger partial charge in [0, 0.05) is 6.04 Å².